The number of likely N-dealkylation sites (N-methyl/N-ethyl adjacent to an activating group) is 4. The number of carbonyl (C=O) groups excluding carboxylic acids is 3. The maximum absolute atomic E-state index is 14.6. The lowest BCUT2D eigenvalue weighted by atomic mass is 9.97. The number of amides is 3. The van der Waals surface area contributed by atoms with E-state index in [1.807, 2.05) is 91.8 Å². The second-order valence-corrected chi connectivity index (χ2v) is 11.9. The summed E-state index contributed by atoms with van der Waals surface area (Å²) < 4.78 is 0. The number of nitrogens with zero attached hydrogens (tertiary/aromatic N) is 4. The van der Waals surface area contributed by atoms with Gasteiger partial charge in [0.05, 0.1) is 0 Å². The van der Waals surface area contributed by atoms with Crippen LogP contribution in [0.15, 0.2) is 97.1 Å². The number of hydrogen-bond donors (Lipinski definition) is 1. The van der Waals surface area contributed by atoms with Crippen molar-refractivity contribution in [3.63, 3.8) is 0 Å². The third kappa shape index (κ3) is 8.56. The van der Waals surface area contributed by atoms with Crippen LogP contribution in [-0.2, 0) is 29.0 Å². The molecule has 0 spiro atoms. The highest BCUT2D eigenvalue weighted by Crippen LogP contribution is 2.21. The van der Waals surface area contributed by atoms with Crippen LogP contribution in [0.4, 0.5) is 0 Å². The van der Waals surface area contributed by atoms with E-state index in [9.17, 15) is 14.4 Å². The van der Waals surface area contributed by atoms with Gasteiger partial charge in [0.1, 0.15) is 12.1 Å². The maximum Gasteiger partial charge on any atom is 0.254 e. The van der Waals surface area contributed by atoms with Crippen LogP contribution in [0, 0.1) is 0 Å². The van der Waals surface area contributed by atoms with Crippen LogP contribution >= 0.6 is 0 Å². The van der Waals surface area contributed by atoms with Crippen LogP contribution < -0.4 is 5.73 Å². The Morgan fingerprint density at radius 3 is 1.91 bits per heavy atom. The molecule has 8 heteroatoms. The molecule has 4 aromatic carbocycles. The number of fused-ring (bicyclic) bond motifs is 1. The second kappa shape index (κ2) is 15.5. The van der Waals surface area contributed by atoms with Crippen LogP contribution in [0.5, 0.6) is 0 Å². The van der Waals surface area contributed by atoms with Crippen molar-refractivity contribution < 1.29 is 14.4 Å². The SMILES string of the molecule is CN(C)CCN(C)C(=O)C(Cc1ccccc1)N(C)C(=O)[C@@H](Cc1ccc2ccccc2c1)N(C)C(=O)c1cccc(CN)c1. The van der Waals surface area contributed by atoms with Gasteiger partial charge < -0.3 is 25.3 Å². The standard InChI is InChI=1S/C37H45N5O3/c1-39(2)20-21-40(3)36(44)33(24-27-12-7-6-8-13-27)42(5)37(45)34(25-28-18-19-30-15-9-10-16-31(30)22-28)41(4)35(43)32-17-11-14-29(23-32)26-38/h6-19,22-23,33-34H,20-21,24-26,38H2,1-5H3/t33?,34-/m1/s1. The number of benzene rings is 4. The van der Waals surface area contributed by atoms with Crippen molar-refractivity contribution in [2.75, 3.05) is 48.3 Å². The Morgan fingerprint density at radius 1 is 0.600 bits per heavy atom. The fraction of sp³-hybridized carbons (Fsp3) is 0.324. The van der Waals surface area contributed by atoms with E-state index in [2.05, 4.69) is 6.07 Å². The highest BCUT2D eigenvalue weighted by Gasteiger charge is 2.36. The van der Waals surface area contributed by atoms with Crippen LogP contribution in [0.25, 0.3) is 10.8 Å². The summed E-state index contributed by atoms with van der Waals surface area (Å²) in [5.41, 5.74) is 9.01. The third-order valence-corrected chi connectivity index (χ3v) is 8.36. The number of nitrogens with two attached hydrogens (primary N) is 1. The summed E-state index contributed by atoms with van der Waals surface area (Å²) in [5.74, 6) is -0.734. The Labute approximate surface area is 267 Å². The molecule has 0 saturated carbocycles. The summed E-state index contributed by atoms with van der Waals surface area (Å²) in [6.07, 6.45) is 0.642. The van der Waals surface area contributed by atoms with Crippen molar-refractivity contribution in [1.82, 2.24) is 19.6 Å². The molecular weight excluding hydrogens is 562 g/mol. The summed E-state index contributed by atoms with van der Waals surface area (Å²) in [4.78, 5) is 49.1. The van der Waals surface area contributed by atoms with Crippen molar-refractivity contribution in [3.8, 4) is 0 Å². The van der Waals surface area contributed by atoms with Gasteiger partial charge in [-0.05, 0) is 53.7 Å². The zero-order valence-corrected chi connectivity index (χ0v) is 27.0. The van der Waals surface area contributed by atoms with E-state index in [0.717, 1.165) is 27.5 Å². The summed E-state index contributed by atoms with van der Waals surface area (Å²) in [6.45, 7) is 1.52. The molecule has 0 bridgehead atoms. The first-order valence-electron chi connectivity index (χ1n) is 15.3. The van der Waals surface area contributed by atoms with Gasteiger partial charge in [0, 0.05) is 59.2 Å². The molecule has 0 aromatic heterocycles. The van der Waals surface area contributed by atoms with Gasteiger partial charge in [-0.2, -0.15) is 0 Å². The minimum absolute atomic E-state index is 0.148. The van der Waals surface area contributed by atoms with Gasteiger partial charge in [-0.3, -0.25) is 14.4 Å². The minimum atomic E-state index is -0.858. The van der Waals surface area contributed by atoms with Crippen molar-refractivity contribution in [2.45, 2.75) is 31.5 Å². The molecule has 0 aliphatic heterocycles. The monoisotopic (exact) mass is 607 g/mol. The smallest absolute Gasteiger partial charge is 0.254 e. The van der Waals surface area contributed by atoms with Crippen molar-refractivity contribution in [1.29, 1.82) is 0 Å². The zero-order valence-electron chi connectivity index (χ0n) is 27.0. The normalized spacial score (nSPS) is 12.5. The molecule has 4 aromatic rings. The zero-order chi connectivity index (χ0) is 32.5. The summed E-state index contributed by atoms with van der Waals surface area (Å²) in [7, 11) is 9.03. The molecule has 1 unspecified atom stereocenters. The molecule has 236 valence electrons. The van der Waals surface area contributed by atoms with Gasteiger partial charge in [-0.1, -0.05) is 84.9 Å². The number of rotatable bonds is 13. The molecule has 0 saturated heterocycles. The van der Waals surface area contributed by atoms with Crippen LogP contribution in [0.1, 0.15) is 27.0 Å². The van der Waals surface area contributed by atoms with E-state index in [-0.39, 0.29) is 24.1 Å². The predicted molar refractivity (Wildman–Crippen MR) is 181 cm³/mol. The first-order valence-corrected chi connectivity index (χ1v) is 15.3. The Morgan fingerprint density at radius 2 is 1.22 bits per heavy atom. The van der Waals surface area contributed by atoms with Gasteiger partial charge in [0.2, 0.25) is 11.8 Å². The quantitative estimate of drug-likeness (QED) is 0.248. The molecule has 0 aliphatic carbocycles. The average Bonchev–Trinajstić information content (AvgIpc) is 3.07. The lowest BCUT2D eigenvalue weighted by molar-refractivity contribution is -0.146. The molecule has 0 aliphatic rings. The molecular formula is C37H45N5O3. The third-order valence-electron chi connectivity index (χ3n) is 8.36. The predicted octanol–water partition coefficient (Wildman–Crippen LogP) is 4.07. The largest absolute Gasteiger partial charge is 0.343 e. The Bertz CT molecular complexity index is 1610. The van der Waals surface area contributed by atoms with Crippen LogP contribution in [0.3, 0.4) is 0 Å². The summed E-state index contributed by atoms with van der Waals surface area (Å²) in [6, 6.07) is 29.4. The van der Waals surface area contributed by atoms with Crippen molar-refractivity contribution in [3.05, 3.63) is 119 Å². The van der Waals surface area contributed by atoms with Gasteiger partial charge in [0.25, 0.3) is 5.91 Å². The van der Waals surface area contributed by atoms with Crippen molar-refractivity contribution in [2.24, 2.45) is 5.73 Å². The highest BCUT2D eigenvalue weighted by atomic mass is 16.2. The molecule has 0 radical (unpaired) electrons. The Kier molecular flexibility index (Phi) is 11.5. The minimum Gasteiger partial charge on any atom is -0.343 e. The second-order valence-electron chi connectivity index (χ2n) is 11.9. The lowest BCUT2D eigenvalue weighted by Crippen LogP contribution is -2.56. The fourth-order valence-corrected chi connectivity index (χ4v) is 5.49. The van der Waals surface area contributed by atoms with E-state index in [1.165, 1.54) is 9.80 Å². The molecule has 0 heterocycles. The fourth-order valence-electron chi connectivity index (χ4n) is 5.49. The first-order chi connectivity index (χ1) is 21.6. The Balaban J connectivity index is 1.70. The van der Waals surface area contributed by atoms with E-state index in [0.29, 0.717) is 31.6 Å². The molecule has 4 rings (SSSR count). The van der Waals surface area contributed by atoms with E-state index in [1.54, 1.807) is 44.2 Å². The topological polar surface area (TPSA) is 90.2 Å². The van der Waals surface area contributed by atoms with Gasteiger partial charge >= 0.3 is 0 Å². The molecule has 8 nitrogen and oxygen atoms in total. The molecule has 2 N–H and O–H groups in total. The molecule has 45 heavy (non-hydrogen) atoms. The maximum atomic E-state index is 14.6. The van der Waals surface area contributed by atoms with E-state index in [4.69, 9.17) is 5.73 Å². The van der Waals surface area contributed by atoms with Crippen molar-refractivity contribution >= 4 is 28.5 Å². The number of carbonyl (C=O) groups is 3. The van der Waals surface area contributed by atoms with Gasteiger partial charge in [-0.25, -0.2) is 0 Å². The van der Waals surface area contributed by atoms with E-state index >= 15 is 0 Å². The summed E-state index contributed by atoms with van der Waals surface area (Å²) in [5, 5.41) is 2.15. The summed E-state index contributed by atoms with van der Waals surface area (Å²) >= 11 is 0. The molecule has 3 amide bonds. The van der Waals surface area contributed by atoms with Gasteiger partial charge in [-0.15, -0.1) is 0 Å². The average molecular weight is 608 g/mol. The lowest BCUT2D eigenvalue weighted by Gasteiger charge is -2.36. The molecule has 0 fully saturated rings. The molecule has 2 atom stereocenters. The van der Waals surface area contributed by atoms with Gasteiger partial charge in [0.15, 0.2) is 0 Å². The number of hydrogen-bond acceptors (Lipinski definition) is 5. The highest BCUT2D eigenvalue weighted by molar-refractivity contribution is 5.98. The van der Waals surface area contributed by atoms with Crippen LogP contribution in [0.2, 0.25) is 0 Å². The van der Waals surface area contributed by atoms with Crippen LogP contribution in [-0.4, -0.2) is 97.7 Å². The first kappa shape index (κ1) is 33.4. The Hall–Kier alpha value is -4.53. The van der Waals surface area contributed by atoms with E-state index < -0.39 is 12.1 Å².